The molecule has 0 unspecified atom stereocenters. The van der Waals surface area contributed by atoms with Crippen LogP contribution >= 0.6 is 11.6 Å². The second-order valence-corrected chi connectivity index (χ2v) is 3.89. The van der Waals surface area contributed by atoms with E-state index < -0.39 is 0 Å². The molecule has 0 aliphatic rings. The van der Waals surface area contributed by atoms with Crippen molar-refractivity contribution in [2.24, 2.45) is 0 Å². The molecule has 2 nitrogen and oxygen atoms in total. The van der Waals surface area contributed by atoms with Gasteiger partial charge in [-0.25, -0.2) is 4.98 Å². The Hall–Kier alpha value is -1.02. The van der Waals surface area contributed by atoms with Crippen LogP contribution < -0.4 is 0 Å². The number of aromatic nitrogens is 2. The molecule has 13 heavy (non-hydrogen) atoms. The van der Waals surface area contributed by atoms with Crippen LogP contribution in [0.2, 0.25) is 0 Å². The minimum Gasteiger partial charge on any atom is -0.303 e. The summed E-state index contributed by atoms with van der Waals surface area (Å²) in [6.45, 7) is 4.00. The van der Waals surface area contributed by atoms with Gasteiger partial charge in [-0.1, -0.05) is 0 Å². The topological polar surface area (TPSA) is 17.3 Å². The molecular formula is C10H11ClN2. The van der Waals surface area contributed by atoms with Crippen molar-refractivity contribution in [3.05, 3.63) is 35.8 Å². The van der Waals surface area contributed by atoms with E-state index in [0.29, 0.717) is 0 Å². The third-order valence-electron chi connectivity index (χ3n) is 2.10. The molecule has 68 valence electrons. The van der Waals surface area contributed by atoms with Gasteiger partial charge in [0, 0.05) is 6.20 Å². The summed E-state index contributed by atoms with van der Waals surface area (Å²) in [5.74, 6) is 0. The summed E-state index contributed by atoms with van der Waals surface area (Å²) in [6, 6.07) is 4.10. The smallest absolute Gasteiger partial charge is 0.137 e. The molecule has 1 atom stereocenters. The number of alkyl halides is 1. The number of fused-ring (bicyclic) bond motifs is 1. The molecule has 0 fully saturated rings. The molecule has 0 saturated carbocycles. The zero-order valence-corrected chi connectivity index (χ0v) is 8.42. The largest absolute Gasteiger partial charge is 0.303 e. The van der Waals surface area contributed by atoms with Crippen LogP contribution in [0.1, 0.15) is 23.6 Å². The Morgan fingerprint density at radius 1 is 1.54 bits per heavy atom. The van der Waals surface area contributed by atoms with Crippen molar-refractivity contribution >= 4 is 17.2 Å². The highest BCUT2D eigenvalue weighted by atomic mass is 35.5. The number of hydrogen-bond donors (Lipinski definition) is 0. The van der Waals surface area contributed by atoms with Crippen molar-refractivity contribution in [2.75, 3.05) is 0 Å². The Kier molecular flexibility index (Phi) is 2.00. The highest BCUT2D eigenvalue weighted by Crippen LogP contribution is 2.20. The van der Waals surface area contributed by atoms with E-state index in [9.17, 15) is 0 Å². The van der Waals surface area contributed by atoms with Crippen LogP contribution in [0, 0.1) is 6.92 Å². The molecular weight excluding hydrogens is 184 g/mol. The normalized spacial score (nSPS) is 13.5. The third-order valence-corrected chi connectivity index (χ3v) is 2.33. The van der Waals surface area contributed by atoms with E-state index in [-0.39, 0.29) is 5.38 Å². The zero-order chi connectivity index (χ0) is 9.42. The Morgan fingerprint density at radius 2 is 2.31 bits per heavy atom. The van der Waals surface area contributed by atoms with Crippen LogP contribution in [0.5, 0.6) is 0 Å². The van der Waals surface area contributed by atoms with Gasteiger partial charge in [-0.05, 0) is 31.5 Å². The standard InChI is InChI=1S/C10H11ClN2/c1-7-3-4-13-9(8(2)11)6-12-10(13)5-7/h3-6,8H,1-2H3/t8-/m0/s1. The van der Waals surface area contributed by atoms with Gasteiger partial charge in [-0.15, -0.1) is 11.6 Å². The zero-order valence-electron chi connectivity index (χ0n) is 7.66. The predicted molar refractivity (Wildman–Crippen MR) is 54.2 cm³/mol. The molecule has 3 heteroatoms. The van der Waals surface area contributed by atoms with Crippen LogP contribution in [0.25, 0.3) is 5.65 Å². The second kappa shape index (κ2) is 3.04. The molecule has 0 aliphatic heterocycles. The third kappa shape index (κ3) is 1.42. The van der Waals surface area contributed by atoms with Gasteiger partial charge in [0.2, 0.25) is 0 Å². The summed E-state index contributed by atoms with van der Waals surface area (Å²) in [5.41, 5.74) is 3.21. The minimum absolute atomic E-state index is 0.00212. The van der Waals surface area contributed by atoms with Crippen LogP contribution in [-0.4, -0.2) is 9.38 Å². The molecule has 0 bridgehead atoms. The fraction of sp³-hybridized carbons (Fsp3) is 0.300. The second-order valence-electron chi connectivity index (χ2n) is 3.23. The van der Waals surface area contributed by atoms with Gasteiger partial charge in [0.05, 0.1) is 17.3 Å². The quantitative estimate of drug-likeness (QED) is 0.638. The molecule has 2 aromatic rings. The lowest BCUT2D eigenvalue weighted by atomic mass is 10.3. The molecule has 0 radical (unpaired) electrons. The predicted octanol–water partition coefficient (Wildman–Crippen LogP) is 2.94. The number of rotatable bonds is 1. The van der Waals surface area contributed by atoms with Gasteiger partial charge < -0.3 is 4.40 Å². The summed E-state index contributed by atoms with van der Waals surface area (Å²) < 4.78 is 2.02. The molecule has 0 aromatic carbocycles. The maximum Gasteiger partial charge on any atom is 0.137 e. The van der Waals surface area contributed by atoms with Gasteiger partial charge in [0.25, 0.3) is 0 Å². The number of halogens is 1. The lowest BCUT2D eigenvalue weighted by molar-refractivity contribution is 0.961. The number of pyridine rings is 1. The van der Waals surface area contributed by atoms with E-state index in [0.717, 1.165) is 11.3 Å². The molecule has 2 aromatic heterocycles. The van der Waals surface area contributed by atoms with Crippen LogP contribution in [0.4, 0.5) is 0 Å². The summed E-state index contributed by atoms with van der Waals surface area (Å²) in [5, 5.41) is -0.00212. The lowest BCUT2D eigenvalue weighted by Gasteiger charge is -2.02. The van der Waals surface area contributed by atoms with E-state index in [1.807, 2.05) is 29.8 Å². The van der Waals surface area contributed by atoms with Gasteiger partial charge in [-0.3, -0.25) is 0 Å². The summed E-state index contributed by atoms with van der Waals surface area (Å²) >= 11 is 6.00. The molecule has 0 N–H and O–H groups in total. The van der Waals surface area contributed by atoms with Crippen molar-refractivity contribution in [1.82, 2.24) is 9.38 Å². The molecule has 0 amide bonds. The van der Waals surface area contributed by atoms with Gasteiger partial charge in [0.15, 0.2) is 0 Å². The van der Waals surface area contributed by atoms with Crippen LogP contribution in [0.15, 0.2) is 24.5 Å². The van der Waals surface area contributed by atoms with E-state index in [1.165, 1.54) is 5.56 Å². The first-order valence-corrected chi connectivity index (χ1v) is 4.70. The summed E-state index contributed by atoms with van der Waals surface area (Å²) in [7, 11) is 0. The van der Waals surface area contributed by atoms with Crippen molar-refractivity contribution in [2.45, 2.75) is 19.2 Å². The Morgan fingerprint density at radius 3 is 3.00 bits per heavy atom. The van der Waals surface area contributed by atoms with E-state index in [4.69, 9.17) is 11.6 Å². The SMILES string of the molecule is Cc1ccn2c([C@H](C)Cl)cnc2c1. The van der Waals surface area contributed by atoms with Gasteiger partial charge in [-0.2, -0.15) is 0 Å². The fourth-order valence-corrected chi connectivity index (χ4v) is 1.56. The number of nitrogens with zero attached hydrogens (tertiary/aromatic N) is 2. The molecule has 0 aliphatic carbocycles. The van der Waals surface area contributed by atoms with E-state index in [2.05, 4.69) is 18.0 Å². The molecule has 2 heterocycles. The first-order chi connectivity index (χ1) is 6.18. The number of hydrogen-bond acceptors (Lipinski definition) is 1. The first kappa shape index (κ1) is 8.57. The number of imidazole rings is 1. The summed E-state index contributed by atoms with van der Waals surface area (Å²) in [4.78, 5) is 4.28. The highest BCUT2D eigenvalue weighted by molar-refractivity contribution is 6.20. The van der Waals surface area contributed by atoms with Crippen LogP contribution in [-0.2, 0) is 0 Å². The Labute approximate surface area is 82.2 Å². The van der Waals surface area contributed by atoms with Crippen molar-refractivity contribution in [3.8, 4) is 0 Å². The van der Waals surface area contributed by atoms with Gasteiger partial charge >= 0.3 is 0 Å². The number of aryl methyl sites for hydroxylation is 1. The Balaban J connectivity index is 2.69. The van der Waals surface area contributed by atoms with E-state index >= 15 is 0 Å². The lowest BCUT2D eigenvalue weighted by Crippen LogP contribution is -1.92. The fourth-order valence-electron chi connectivity index (χ4n) is 1.40. The average molecular weight is 195 g/mol. The Bertz CT molecular complexity index is 431. The highest BCUT2D eigenvalue weighted by Gasteiger charge is 2.07. The minimum atomic E-state index is -0.00212. The van der Waals surface area contributed by atoms with E-state index in [1.54, 1.807) is 0 Å². The first-order valence-electron chi connectivity index (χ1n) is 4.26. The summed E-state index contributed by atoms with van der Waals surface area (Å²) in [6.07, 6.45) is 3.83. The van der Waals surface area contributed by atoms with Gasteiger partial charge in [0.1, 0.15) is 5.65 Å². The average Bonchev–Trinajstić information content (AvgIpc) is 2.46. The maximum atomic E-state index is 6.00. The van der Waals surface area contributed by atoms with Crippen LogP contribution in [0.3, 0.4) is 0 Å². The van der Waals surface area contributed by atoms with Crippen molar-refractivity contribution in [1.29, 1.82) is 0 Å². The molecule has 0 spiro atoms. The van der Waals surface area contributed by atoms with Crippen molar-refractivity contribution < 1.29 is 0 Å². The van der Waals surface area contributed by atoms with Crippen molar-refractivity contribution in [3.63, 3.8) is 0 Å². The maximum absolute atomic E-state index is 6.00. The molecule has 2 rings (SSSR count). The molecule has 0 saturated heterocycles. The monoisotopic (exact) mass is 194 g/mol.